The third kappa shape index (κ3) is 3.27. The van der Waals surface area contributed by atoms with Crippen LogP contribution < -0.4 is 5.32 Å². The summed E-state index contributed by atoms with van der Waals surface area (Å²) in [6, 6.07) is 12.9. The number of rotatable bonds is 4. The summed E-state index contributed by atoms with van der Waals surface area (Å²) in [5, 5.41) is 6.95. The van der Waals surface area contributed by atoms with Crippen molar-refractivity contribution in [3.8, 4) is 5.69 Å². The van der Waals surface area contributed by atoms with Crippen LogP contribution in [0.15, 0.2) is 71.6 Å². The van der Waals surface area contributed by atoms with Gasteiger partial charge in [0.25, 0.3) is 0 Å². The molecule has 0 bridgehead atoms. The largest absolute Gasteiger partial charge is 0.465 e. The van der Waals surface area contributed by atoms with Gasteiger partial charge in [-0.15, -0.1) is 0 Å². The van der Waals surface area contributed by atoms with E-state index >= 15 is 0 Å². The molecule has 1 N–H and O–H groups in total. The van der Waals surface area contributed by atoms with Gasteiger partial charge in [0.15, 0.2) is 0 Å². The Kier molecular flexibility index (Phi) is 3.64. The molecule has 0 aliphatic rings. The summed E-state index contributed by atoms with van der Waals surface area (Å²) in [6.45, 7) is 0. The zero-order valence-corrected chi connectivity index (χ0v) is 11.1. The minimum Gasteiger partial charge on any atom is -0.465 e. The summed E-state index contributed by atoms with van der Waals surface area (Å²) < 4.78 is 6.85. The summed E-state index contributed by atoms with van der Waals surface area (Å²) in [5.74, 6) is 0.416. The first-order chi connectivity index (χ1) is 10.3. The van der Waals surface area contributed by atoms with Crippen LogP contribution >= 0.6 is 0 Å². The number of anilines is 1. The quantitative estimate of drug-likeness (QED) is 0.746. The van der Waals surface area contributed by atoms with E-state index < -0.39 is 0 Å². The number of furan rings is 1. The molecule has 5 heteroatoms. The first-order valence-electron chi connectivity index (χ1n) is 6.44. The maximum atomic E-state index is 11.8. The van der Waals surface area contributed by atoms with Gasteiger partial charge < -0.3 is 9.73 Å². The molecule has 2 aromatic heterocycles. The molecule has 0 saturated carbocycles. The molecular formula is C16H13N3O2. The third-order valence-corrected chi connectivity index (χ3v) is 2.82. The second-order valence-electron chi connectivity index (χ2n) is 4.34. The summed E-state index contributed by atoms with van der Waals surface area (Å²) in [5.41, 5.74) is 1.59. The lowest BCUT2D eigenvalue weighted by atomic mass is 10.2. The molecule has 0 unspecified atom stereocenters. The van der Waals surface area contributed by atoms with Crippen molar-refractivity contribution >= 4 is 17.7 Å². The molecule has 1 aromatic carbocycles. The molecule has 0 atom stereocenters. The zero-order valence-electron chi connectivity index (χ0n) is 11.1. The summed E-state index contributed by atoms with van der Waals surface area (Å²) in [6.07, 6.45) is 8.16. The number of aromatic nitrogens is 2. The van der Waals surface area contributed by atoms with E-state index in [1.165, 1.54) is 6.08 Å². The predicted octanol–water partition coefficient (Wildman–Crippen LogP) is 3.12. The zero-order chi connectivity index (χ0) is 14.5. The number of nitrogens with zero attached hydrogens (tertiary/aromatic N) is 2. The first kappa shape index (κ1) is 12.9. The minimum absolute atomic E-state index is 0.219. The van der Waals surface area contributed by atoms with Gasteiger partial charge in [0.1, 0.15) is 5.76 Å². The molecular weight excluding hydrogens is 266 g/mol. The van der Waals surface area contributed by atoms with E-state index in [-0.39, 0.29) is 5.91 Å². The van der Waals surface area contributed by atoms with Crippen LogP contribution in [-0.2, 0) is 4.79 Å². The Hall–Kier alpha value is -3.08. The van der Waals surface area contributed by atoms with Crippen LogP contribution in [0.5, 0.6) is 0 Å². The van der Waals surface area contributed by atoms with Crippen molar-refractivity contribution in [2.75, 3.05) is 5.32 Å². The van der Waals surface area contributed by atoms with Gasteiger partial charge in [0.2, 0.25) is 5.91 Å². The topological polar surface area (TPSA) is 60.1 Å². The van der Waals surface area contributed by atoms with Crippen molar-refractivity contribution in [1.29, 1.82) is 0 Å². The molecule has 21 heavy (non-hydrogen) atoms. The Bertz CT molecular complexity index is 744. The Labute approximate surface area is 121 Å². The maximum Gasteiger partial charge on any atom is 0.248 e. The molecule has 3 rings (SSSR count). The van der Waals surface area contributed by atoms with Crippen LogP contribution in [0.3, 0.4) is 0 Å². The van der Waals surface area contributed by atoms with Crippen LogP contribution in [-0.4, -0.2) is 15.7 Å². The van der Waals surface area contributed by atoms with Gasteiger partial charge in [-0.3, -0.25) is 4.79 Å². The van der Waals surface area contributed by atoms with E-state index in [2.05, 4.69) is 10.4 Å². The molecule has 0 spiro atoms. The molecule has 5 nitrogen and oxygen atoms in total. The normalized spacial score (nSPS) is 10.9. The van der Waals surface area contributed by atoms with Gasteiger partial charge in [-0.25, -0.2) is 4.68 Å². The Morgan fingerprint density at radius 3 is 2.95 bits per heavy atom. The van der Waals surface area contributed by atoms with Crippen molar-refractivity contribution in [2.24, 2.45) is 0 Å². The minimum atomic E-state index is -0.219. The fourth-order valence-electron chi connectivity index (χ4n) is 1.88. The lowest BCUT2D eigenvalue weighted by molar-refractivity contribution is -0.111. The fraction of sp³-hybridized carbons (Fsp3) is 0. The van der Waals surface area contributed by atoms with Gasteiger partial charge in [0.05, 0.1) is 12.0 Å². The molecule has 0 saturated heterocycles. The second kappa shape index (κ2) is 5.92. The number of hydrogen-bond acceptors (Lipinski definition) is 3. The van der Waals surface area contributed by atoms with Gasteiger partial charge in [-0.1, -0.05) is 6.07 Å². The second-order valence-corrected chi connectivity index (χ2v) is 4.34. The number of benzene rings is 1. The summed E-state index contributed by atoms with van der Waals surface area (Å²) in [4.78, 5) is 11.8. The molecule has 2 heterocycles. The summed E-state index contributed by atoms with van der Waals surface area (Å²) in [7, 11) is 0. The highest BCUT2D eigenvalue weighted by Gasteiger charge is 2.01. The Balaban J connectivity index is 1.70. The predicted molar refractivity (Wildman–Crippen MR) is 79.9 cm³/mol. The fourth-order valence-corrected chi connectivity index (χ4v) is 1.88. The molecule has 0 aliphatic heterocycles. The number of amides is 1. The highest BCUT2D eigenvalue weighted by atomic mass is 16.3. The smallest absolute Gasteiger partial charge is 0.248 e. The lowest BCUT2D eigenvalue weighted by Gasteiger charge is -2.05. The number of nitrogens with one attached hydrogen (secondary N) is 1. The van der Waals surface area contributed by atoms with Crippen molar-refractivity contribution in [3.63, 3.8) is 0 Å². The van der Waals surface area contributed by atoms with E-state index in [1.54, 1.807) is 35.4 Å². The van der Waals surface area contributed by atoms with Crippen molar-refractivity contribution in [1.82, 2.24) is 9.78 Å². The van der Waals surface area contributed by atoms with E-state index in [9.17, 15) is 4.79 Å². The SMILES string of the molecule is O=C(/C=C/c1ccco1)Nc1cccc(-n2cccn2)c1. The van der Waals surface area contributed by atoms with Crippen molar-refractivity contribution in [2.45, 2.75) is 0 Å². The third-order valence-electron chi connectivity index (χ3n) is 2.82. The van der Waals surface area contributed by atoms with E-state index in [0.29, 0.717) is 11.4 Å². The van der Waals surface area contributed by atoms with E-state index in [1.807, 2.05) is 36.5 Å². The Morgan fingerprint density at radius 1 is 1.24 bits per heavy atom. The van der Waals surface area contributed by atoms with Crippen molar-refractivity contribution < 1.29 is 9.21 Å². The number of carbonyl (C=O) groups is 1. The highest BCUT2D eigenvalue weighted by molar-refractivity contribution is 6.01. The van der Waals surface area contributed by atoms with Gasteiger partial charge in [0, 0.05) is 24.2 Å². The van der Waals surface area contributed by atoms with Crippen molar-refractivity contribution in [3.05, 3.63) is 73.0 Å². The standard InChI is InChI=1S/C16H13N3O2/c20-16(8-7-15-6-2-11-21-15)18-13-4-1-5-14(12-13)19-10-3-9-17-19/h1-12H,(H,18,20)/b8-7+. The number of carbonyl (C=O) groups excluding carboxylic acids is 1. The van der Waals surface area contributed by atoms with Gasteiger partial charge in [-0.2, -0.15) is 5.10 Å². The molecule has 104 valence electrons. The average molecular weight is 279 g/mol. The molecule has 1 amide bonds. The van der Waals surface area contributed by atoms with Crippen LogP contribution in [0.25, 0.3) is 11.8 Å². The maximum absolute atomic E-state index is 11.8. The average Bonchev–Trinajstić information content (AvgIpc) is 3.19. The lowest BCUT2D eigenvalue weighted by Crippen LogP contribution is -2.08. The summed E-state index contributed by atoms with van der Waals surface area (Å²) >= 11 is 0. The van der Waals surface area contributed by atoms with E-state index in [0.717, 1.165) is 5.69 Å². The van der Waals surface area contributed by atoms with Crippen LogP contribution in [0.2, 0.25) is 0 Å². The Morgan fingerprint density at radius 2 is 2.19 bits per heavy atom. The highest BCUT2D eigenvalue weighted by Crippen LogP contribution is 2.14. The molecule has 0 aliphatic carbocycles. The first-order valence-corrected chi connectivity index (χ1v) is 6.44. The van der Waals surface area contributed by atoms with Crippen LogP contribution in [0, 0.1) is 0 Å². The van der Waals surface area contributed by atoms with Gasteiger partial charge in [-0.05, 0) is 42.5 Å². The number of hydrogen-bond donors (Lipinski definition) is 1. The van der Waals surface area contributed by atoms with Crippen LogP contribution in [0.1, 0.15) is 5.76 Å². The molecule has 0 fully saturated rings. The van der Waals surface area contributed by atoms with E-state index in [4.69, 9.17) is 4.42 Å². The van der Waals surface area contributed by atoms with Crippen LogP contribution in [0.4, 0.5) is 5.69 Å². The van der Waals surface area contributed by atoms with Gasteiger partial charge >= 0.3 is 0 Å². The molecule has 0 radical (unpaired) electrons. The molecule has 3 aromatic rings. The monoisotopic (exact) mass is 279 g/mol.